The van der Waals surface area contributed by atoms with Gasteiger partial charge < -0.3 is 0 Å². The van der Waals surface area contributed by atoms with Gasteiger partial charge in [-0.2, -0.15) is 4.31 Å². The Bertz CT molecular complexity index is 1180. The molecule has 0 saturated carbocycles. The normalized spacial score (nSPS) is 16.6. The third kappa shape index (κ3) is 3.35. The minimum atomic E-state index is -3.67. The van der Waals surface area contributed by atoms with E-state index < -0.39 is 21.5 Å². The van der Waals surface area contributed by atoms with Crippen LogP contribution in [0.5, 0.6) is 0 Å². The second kappa shape index (κ2) is 7.14. The first-order chi connectivity index (χ1) is 13.4. The number of nitrogens with zero attached hydrogens (tertiary/aromatic N) is 4. The van der Waals surface area contributed by atoms with Gasteiger partial charge in [0.05, 0.1) is 11.4 Å². The molecule has 1 aliphatic rings. The van der Waals surface area contributed by atoms with E-state index in [1.165, 1.54) is 33.1 Å². The standard InChI is InChI=1S/C19H21FN4O3S/c1-14-8-10-22(11-9-14)28(26,27)16-6-7-18-21-24(19(25)23(18)13-16)12-15-4-2-3-5-17(15)20/h2-7,13-14H,8-12H2,1H3. The Morgan fingerprint density at radius 3 is 2.57 bits per heavy atom. The fourth-order valence-corrected chi connectivity index (χ4v) is 4.89. The minimum absolute atomic E-state index is 0.0285. The highest BCUT2D eigenvalue weighted by atomic mass is 32.2. The molecular weight excluding hydrogens is 383 g/mol. The van der Waals surface area contributed by atoms with E-state index in [1.54, 1.807) is 18.2 Å². The molecule has 0 atom stereocenters. The molecule has 0 radical (unpaired) electrons. The van der Waals surface area contributed by atoms with Crippen LogP contribution < -0.4 is 5.69 Å². The van der Waals surface area contributed by atoms with Gasteiger partial charge in [-0.05, 0) is 37.0 Å². The molecule has 3 aromatic rings. The quantitative estimate of drug-likeness (QED) is 0.667. The maximum absolute atomic E-state index is 13.9. The number of pyridine rings is 1. The second-order valence-corrected chi connectivity index (χ2v) is 9.15. The molecule has 28 heavy (non-hydrogen) atoms. The smallest absolute Gasteiger partial charge is 0.249 e. The third-order valence-electron chi connectivity index (χ3n) is 5.21. The molecule has 7 nitrogen and oxygen atoms in total. The lowest BCUT2D eigenvalue weighted by atomic mass is 10.0. The van der Waals surface area contributed by atoms with Gasteiger partial charge in [-0.3, -0.25) is 0 Å². The predicted octanol–water partition coefficient (Wildman–Crippen LogP) is 2.10. The average Bonchev–Trinajstić information content (AvgIpc) is 2.99. The highest BCUT2D eigenvalue weighted by molar-refractivity contribution is 7.89. The van der Waals surface area contributed by atoms with Crippen LogP contribution in [0.3, 0.4) is 0 Å². The molecule has 0 unspecified atom stereocenters. The minimum Gasteiger partial charge on any atom is -0.249 e. The number of aromatic nitrogens is 3. The molecule has 1 saturated heterocycles. The van der Waals surface area contributed by atoms with Crippen molar-refractivity contribution in [3.63, 3.8) is 0 Å². The molecule has 4 rings (SSSR count). The molecule has 1 aliphatic heterocycles. The van der Waals surface area contributed by atoms with E-state index >= 15 is 0 Å². The zero-order valence-corrected chi connectivity index (χ0v) is 16.3. The van der Waals surface area contributed by atoms with Gasteiger partial charge in [-0.1, -0.05) is 25.1 Å². The highest BCUT2D eigenvalue weighted by Crippen LogP contribution is 2.23. The van der Waals surface area contributed by atoms with Crippen molar-refractivity contribution in [2.24, 2.45) is 5.92 Å². The zero-order valence-electron chi connectivity index (χ0n) is 15.5. The number of benzene rings is 1. The molecule has 3 heterocycles. The fourth-order valence-electron chi connectivity index (χ4n) is 3.42. The molecule has 0 aliphatic carbocycles. The molecule has 0 spiro atoms. The van der Waals surface area contributed by atoms with E-state index in [0.717, 1.165) is 17.5 Å². The topological polar surface area (TPSA) is 76.7 Å². The number of fused-ring (bicyclic) bond motifs is 1. The van der Waals surface area contributed by atoms with Crippen LogP contribution in [0.25, 0.3) is 5.65 Å². The number of sulfonamides is 1. The van der Waals surface area contributed by atoms with Crippen molar-refractivity contribution in [1.29, 1.82) is 0 Å². The Morgan fingerprint density at radius 1 is 1.14 bits per heavy atom. The Morgan fingerprint density at radius 2 is 1.86 bits per heavy atom. The van der Waals surface area contributed by atoms with Crippen molar-refractivity contribution in [3.8, 4) is 0 Å². The summed E-state index contributed by atoms with van der Waals surface area (Å²) in [5.41, 5.74) is 0.137. The maximum atomic E-state index is 13.9. The zero-order chi connectivity index (χ0) is 19.9. The fraction of sp³-hybridized carbons (Fsp3) is 0.368. The van der Waals surface area contributed by atoms with E-state index in [1.807, 2.05) is 0 Å². The summed E-state index contributed by atoms with van der Waals surface area (Å²) in [5, 5.41) is 4.19. The van der Waals surface area contributed by atoms with E-state index in [4.69, 9.17) is 0 Å². The predicted molar refractivity (Wildman–Crippen MR) is 102 cm³/mol. The molecule has 148 valence electrons. The van der Waals surface area contributed by atoms with Gasteiger partial charge in [0.25, 0.3) is 0 Å². The number of halogens is 1. The Balaban J connectivity index is 1.69. The van der Waals surface area contributed by atoms with Crippen molar-refractivity contribution < 1.29 is 12.8 Å². The summed E-state index contributed by atoms with van der Waals surface area (Å²) in [6, 6.07) is 9.12. The third-order valence-corrected chi connectivity index (χ3v) is 7.09. The SMILES string of the molecule is CC1CCN(S(=O)(=O)c2ccc3nn(Cc4ccccc4F)c(=O)n3c2)CC1. The second-order valence-electron chi connectivity index (χ2n) is 7.21. The van der Waals surface area contributed by atoms with Gasteiger partial charge >= 0.3 is 5.69 Å². The van der Waals surface area contributed by atoms with Crippen molar-refractivity contribution in [1.82, 2.24) is 18.5 Å². The molecule has 9 heteroatoms. The van der Waals surface area contributed by atoms with Crippen LogP contribution in [0.2, 0.25) is 0 Å². The summed E-state index contributed by atoms with van der Waals surface area (Å²) < 4.78 is 43.5. The van der Waals surface area contributed by atoms with E-state index in [2.05, 4.69) is 12.0 Å². The monoisotopic (exact) mass is 404 g/mol. The van der Waals surface area contributed by atoms with Crippen LogP contribution in [0.1, 0.15) is 25.3 Å². The highest BCUT2D eigenvalue weighted by Gasteiger charge is 2.28. The lowest BCUT2D eigenvalue weighted by molar-refractivity contribution is 0.288. The molecule has 2 aromatic heterocycles. The Kier molecular flexibility index (Phi) is 4.80. The van der Waals surface area contributed by atoms with Crippen molar-refractivity contribution >= 4 is 15.7 Å². The van der Waals surface area contributed by atoms with Crippen LogP contribution in [0, 0.1) is 11.7 Å². The van der Waals surface area contributed by atoms with Crippen molar-refractivity contribution in [2.75, 3.05) is 13.1 Å². The van der Waals surface area contributed by atoms with Crippen LogP contribution in [-0.4, -0.2) is 40.0 Å². The van der Waals surface area contributed by atoms with Gasteiger partial charge in [0.15, 0.2) is 5.65 Å². The molecule has 0 amide bonds. The summed E-state index contributed by atoms with van der Waals surface area (Å²) in [4.78, 5) is 12.7. The Labute approximate surface area is 162 Å². The summed E-state index contributed by atoms with van der Waals surface area (Å²) >= 11 is 0. The number of piperidine rings is 1. The van der Waals surface area contributed by atoms with Crippen LogP contribution in [0.4, 0.5) is 4.39 Å². The summed E-state index contributed by atoms with van der Waals surface area (Å²) in [7, 11) is -3.67. The van der Waals surface area contributed by atoms with Crippen LogP contribution >= 0.6 is 0 Å². The van der Waals surface area contributed by atoms with Crippen LogP contribution in [0.15, 0.2) is 52.3 Å². The first-order valence-corrected chi connectivity index (χ1v) is 10.6. The summed E-state index contributed by atoms with van der Waals surface area (Å²) in [6.45, 7) is 3.03. The Hall–Kier alpha value is -2.52. The van der Waals surface area contributed by atoms with Crippen LogP contribution in [-0.2, 0) is 16.6 Å². The first kappa shape index (κ1) is 18.8. The summed E-state index contributed by atoms with van der Waals surface area (Å²) in [6.07, 6.45) is 2.94. The number of hydrogen-bond acceptors (Lipinski definition) is 4. The van der Waals surface area contributed by atoms with Gasteiger partial charge in [0, 0.05) is 24.8 Å². The van der Waals surface area contributed by atoms with Gasteiger partial charge in [0.1, 0.15) is 5.82 Å². The molecule has 0 N–H and O–H groups in total. The largest absolute Gasteiger partial charge is 0.350 e. The number of hydrogen-bond donors (Lipinski definition) is 0. The molecular formula is C19H21FN4O3S. The summed E-state index contributed by atoms with van der Waals surface area (Å²) in [5.74, 6) is 0.0854. The lowest BCUT2D eigenvalue weighted by Crippen LogP contribution is -2.38. The lowest BCUT2D eigenvalue weighted by Gasteiger charge is -2.29. The molecule has 1 fully saturated rings. The van der Waals surface area contributed by atoms with E-state index in [0.29, 0.717) is 30.2 Å². The van der Waals surface area contributed by atoms with Gasteiger partial charge in [-0.25, -0.2) is 26.7 Å². The van der Waals surface area contributed by atoms with E-state index in [9.17, 15) is 17.6 Å². The van der Waals surface area contributed by atoms with Crippen molar-refractivity contribution in [2.45, 2.75) is 31.2 Å². The molecule has 0 bridgehead atoms. The van der Waals surface area contributed by atoms with Gasteiger partial charge in [0.2, 0.25) is 10.0 Å². The molecule has 1 aromatic carbocycles. The first-order valence-electron chi connectivity index (χ1n) is 9.19. The van der Waals surface area contributed by atoms with E-state index in [-0.39, 0.29) is 11.4 Å². The number of rotatable bonds is 4. The average molecular weight is 404 g/mol. The van der Waals surface area contributed by atoms with Crippen molar-refractivity contribution in [3.05, 3.63) is 64.5 Å². The van der Waals surface area contributed by atoms with Gasteiger partial charge in [-0.15, -0.1) is 5.10 Å². The maximum Gasteiger partial charge on any atom is 0.350 e.